The van der Waals surface area contributed by atoms with E-state index in [-0.39, 0.29) is 21.9 Å². The number of thioether (sulfide) groups is 1. The maximum Gasteiger partial charge on any atom is 0.269 e. The van der Waals surface area contributed by atoms with E-state index in [0.717, 1.165) is 0 Å². The summed E-state index contributed by atoms with van der Waals surface area (Å²) in [5.74, 6) is -0.741. The van der Waals surface area contributed by atoms with Gasteiger partial charge in [-0.15, -0.1) is 11.8 Å². The van der Waals surface area contributed by atoms with Crippen molar-refractivity contribution in [3.05, 3.63) is 27.9 Å². The van der Waals surface area contributed by atoms with Crippen LogP contribution in [0, 0.1) is 0 Å². The van der Waals surface area contributed by atoms with E-state index in [1.807, 2.05) is 14.1 Å². The highest BCUT2D eigenvalue weighted by Gasteiger charge is 2.33. The lowest BCUT2D eigenvalue weighted by molar-refractivity contribution is -0.109. The van der Waals surface area contributed by atoms with Crippen LogP contribution in [-0.2, 0) is 4.79 Å². The molecule has 0 bridgehead atoms. The minimum absolute atomic E-state index is 0.00956. The fourth-order valence-electron chi connectivity index (χ4n) is 1.93. The number of carbonyl (C=O) groups excluding carboxylic acids is 4. The van der Waals surface area contributed by atoms with Crippen molar-refractivity contribution in [3.63, 3.8) is 0 Å². The van der Waals surface area contributed by atoms with Crippen molar-refractivity contribution >= 4 is 35.6 Å². The van der Waals surface area contributed by atoms with Crippen molar-refractivity contribution in [1.29, 1.82) is 0 Å². The van der Waals surface area contributed by atoms with Gasteiger partial charge in [-0.05, 0) is 26.3 Å². The van der Waals surface area contributed by atoms with Gasteiger partial charge in [0.15, 0.2) is 0 Å². The van der Waals surface area contributed by atoms with Crippen molar-refractivity contribution in [3.8, 4) is 0 Å². The molecule has 1 aromatic rings. The van der Waals surface area contributed by atoms with Crippen LogP contribution in [0.25, 0.3) is 0 Å². The van der Waals surface area contributed by atoms with E-state index in [0.29, 0.717) is 25.1 Å². The van der Waals surface area contributed by atoms with E-state index < -0.39 is 17.5 Å². The Morgan fingerprint density at radius 2 is 2.00 bits per heavy atom. The van der Waals surface area contributed by atoms with Gasteiger partial charge in [-0.25, -0.2) is 0 Å². The molecule has 25 heavy (non-hydrogen) atoms. The molecule has 0 atom stereocenters. The van der Waals surface area contributed by atoms with Crippen molar-refractivity contribution in [2.45, 2.75) is 6.42 Å². The molecule has 136 valence electrons. The van der Waals surface area contributed by atoms with E-state index in [1.54, 1.807) is 0 Å². The zero-order valence-electron chi connectivity index (χ0n) is 14.3. The first-order valence-corrected chi connectivity index (χ1v) is 8.49. The van der Waals surface area contributed by atoms with Gasteiger partial charge in [-0.1, -0.05) is 0 Å². The Morgan fingerprint density at radius 1 is 1.32 bits per heavy atom. The second kappa shape index (κ2) is 10.4. The van der Waals surface area contributed by atoms with Crippen LogP contribution in [0.1, 0.15) is 37.8 Å². The van der Waals surface area contributed by atoms with Crippen LogP contribution in [0.2, 0.25) is 0 Å². The number of hydrogen-bond acceptors (Lipinski definition) is 7. The summed E-state index contributed by atoms with van der Waals surface area (Å²) in [6.07, 6.45) is 2.49. The number of amides is 2. The van der Waals surface area contributed by atoms with Gasteiger partial charge >= 0.3 is 0 Å². The quantitative estimate of drug-likeness (QED) is 0.385. The van der Waals surface area contributed by atoms with Crippen LogP contribution >= 0.6 is 11.8 Å². The predicted octanol–water partition coefficient (Wildman–Crippen LogP) is -0.263. The third-order valence-electron chi connectivity index (χ3n) is 2.97. The highest BCUT2D eigenvalue weighted by molar-refractivity contribution is 8.04. The lowest BCUT2D eigenvalue weighted by atomic mass is 9.99. The molecule has 0 fully saturated rings. The molecule has 0 unspecified atom stereocenters. The number of nitrogens with one attached hydrogen (secondary N) is 4. The summed E-state index contributed by atoms with van der Waals surface area (Å²) in [4.78, 5) is 46.5. The molecule has 1 heterocycles. The first kappa shape index (κ1) is 20.6. The van der Waals surface area contributed by atoms with Crippen LogP contribution in [0.3, 0.4) is 0 Å². The van der Waals surface area contributed by atoms with Gasteiger partial charge in [-0.3, -0.25) is 24.3 Å². The Morgan fingerprint density at radius 3 is 2.60 bits per heavy atom. The Balaban J connectivity index is 0.000000970. The summed E-state index contributed by atoms with van der Waals surface area (Å²) >= 11 is 1.22. The topological polar surface area (TPSA) is 133 Å². The highest BCUT2D eigenvalue weighted by Crippen LogP contribution is 2.29. The average molecular weight is 367 g/mol. The third kappa shape index (κ3) is 5.26. The number of carbonyl (C=O) groups is 4. The van der Waals surface area contributed by atoms with Crippen molar-refractivity contribution in [2.24, 2.45) is 0 Å². The summed E-state index contributed by atoms with van der Waals surface area (Å²) in [5, 5.41) is 13.8. The zero-order chi connectivity index (χ0) is 18.8. The first-order chi connectivity index (χ1) is 12.0. The van der Waals surface area contributed by atoms with E-state index in [9.17, 15) is 19.2 Å². The minimum atomic E-state index is -0.503. The molecule has 0 saturated heterocycles. The Bertz CT molecular complexity index is 683. The number of fused-ring (bicyclic) bond motifs is 1. The largest absolute Gasteiger partial charge is 0.359 e. The second-order valence-electron chi connectivity index (χ2n) is 4.88. The number of H-pyrrole nitrogens is 1. The van der Waals surface area contributed by atoms with Gasteiger partial charge in [0.25, 0.3) is 5.91 Å². The molecule has 0 spiro atoms. The first-order valence-electron chi connectivity index (χ1n) is 7.51. The number of Topliss-reactive ketones (excluding diaryl/α,β-unsaturated/α-hetero) is 1. The Labute approximate surface area is 149 Å². The summed E-state index contributed by atoms with van der Waals surface area (Å²) in [7, 11) is 5.18. The van der Waals surface area contributed by atoms with Gasteiger partial charge in [0.1, 0.15) is 11.4 Å². The molecule has 10 heteroatoms. The smallest absolute Gasteiger partial charge is 0.269 e. The zero-order valence-corrected chi connectivity index (χ0v) is 15.1. The average Bonchev–Trinajstić information content (AvgIpc) is 3.04. The normalized spacial score (nSPS) is 12.5. The molecule has 2 amide bonds. The number of aromatic nitrogens is 2. The summed E-state index contributed by atoms with van der Waals surface area (Å²) in [5.41, 5.74) is -0.0272. The van der Waals surface area contributed by atoms with Crippen LogP contribution in [0.5, 0.6) is 0 Å². The lowest BCUT2D eigenvalue weighted by Crippen LogP contribution is -2.23. The summed E-state index contributed by atoms with van der Waals surface area (Å²) in [6, 6.07) is 0. The van der Waals surface area contributed by atoms with Crippen LogP contribution in [0.15, 0.2) is 11.0 Å². The van der Waals surface area contributed by atoms with Gasteiger partial charge in [-0.2, -0.15) is 5.10 Å². The van der Waals surface area contributed by atoms with Crippen LogP contribution in [0.4, 0.5) is 0 Å². The molecule has 0 aliphatic heterocycles. The van der Waals surface area contributed by atoms with Crippen molar-refractivity contribution in [2.75, 3.05) is 33.4 Å². The van der Waals surface area contributed by atoms with Gasteiger partial charge in [0.2, 0.25) is 18.0 Å². The Kier molecular flexibility index (Phi) is 8.57. The number of nitrogens with zero attached hydrogens (tertiary/aromatic N) is 1. The maximum atomic E-state index is 12.4. The summed E-state index contributed by atoms with van der Waals surface area (Å²) < 4.78 is 0. The number of aromatic amines is 1. The lowest BCUT2D eigenvalue weighted by Gasteiger charge is -2.11. The maximum absolute atomic E-state index is 12.4. The molecular formula is C15H21N5O4S. The fraction of sp³-hybridized carbons (Fsp3) is 0.400. The third-order valence-corrected chi connectivity index (χ3v) is 4.08. The molecule has 0 saturated carbocycles. The van der Waals surface area contributed by atoms with E-state index in [4.69, 9.17) is 0 Å². The molecule has 0 radical (unpaired) electrons. The molecule has 2 rings (SSSR count). The Hall–Kier alpha value is -2.46. The summed E-state index contributed by atoms with van der Waals surface area (Å²) in [6.45, 7) is 0.492. The molecule has 9 nitrogen and oxygen atoms in total. The van der Waals surface area contributed by atoms with Crippen LogP contribution in [-0.4, -0.2) is 67.5 Å². The number of ketones is 2. The number of allylic oxidation sites excluding steroid dienone is 2. The van der Waals surface area contributed by atoms with E-state index >= 15 is 0 Å². The van der Waals surface area contributed by atoms with E-state index in [1.165, 1.54) is 24.9 Å². The molecule has 1 aliphatic carbocycles. The fourth-order valence-corrected chi connectivity index (χ4v) is 2.86. The van der Waals surface area contributed by atoms with Gasteiger partial charge < -0.3 is 16.0 Å². The minimum Gasteiger partial charge on any atom is -0.359 e. The van der Waals surface area contributed by atoms with Crippen LogP contribution < -0.4 is 16.0 Å². The van der Waals surface area contributed by atoms with E-state index in [2.05, 4.69) is 26.1 Å². The standard InChI is InChI=1S/C13H14N4O4S.C2H7N/c1-14-13(21)11-9-10(16-17-11)7(19)5-8(12(9)20)22-4-2-3-15-6-18;1-3-2/h5-6H,2-4H2,1H3,(H,14,21)(H,15,18)(H,16,17);3H,1-2H3. The molecule has 1 aliphatic rings. The monoisotopic (exact) mass is 367 g/mol. The van der Waals surface area contributed by atoms with Gasteiger partial charge in [0.05, 0.1) is 10.5 Å². The number of hydrogen-bond donors (Lipinski definition) is 4. The highest BCUT2D eigenvalue weighted by atomic mass is 32.2. The predicted molar refractivity (Wildman–Crippen MR) is 94.8 cm³/mol. The van der Waals surface area contributed by atoms with Crippen molar-refractivity contribution in [1.82, 2.24) is 26.1 Å². The molecule has 0 aromatic carbocycles. The SMILES string of the molecule is CNC.CNC(=O)c1[nH]nc2c1C(=O)C(SCCCNC=O)=CC2=O. The number of rotatable bonds is 7. The molecule has 1 aromatic heterocycles. The molecule has 4 N–H and O–H groups in total. The molecular weight excluding hydrogens is 346 g/mol. The second-order valence-corrected chi connectivity index (χ2v) is 6.01. The van der Waals surface area contributed by atoms with Gasteiger partial charge in [0, 0.05) is 19.7 Å². The van der Waals surface area contributed by atoms with Crippen molar-refractivity contribution < 1.29 is 19.2 Å².